The zero-order valence-electron chi connectivity index (χ0n) is 10.1. The number of aromatic nitrogens is 2. The molecular weight excluding hydrogens is 228 g/mol. The molecule has 2 heterocycles. The van der Waals surface area contributed by atoms with Crippen molar-refractivity contribution in [1.82, 2.24) is 15.3 Å². The third-order valence-corrected chi connectivity index (χ3v) is 2.44. The monoisotopic (exact) mass is 242 g/mol. The summed E-state index contributed by atoms with van der Waals surface area (Å²) in [6.07, 6.45) is 5.14. The minimum absolute atomic E-state index is 0.194. The van der Waals surface area contributed by atoms with Crippen molar-refractivity contribution in [2.24, 2.45) is 0 Å². The minimum Gasteiger partial charge on any atom is -0.381 e. The predicted molar refractivity (Wildman–Crippen MR) is 69.2 cm³/mol. The smallest absolute Gasteiger partial charge is 0.269 e. The first-order valence-corrected chi connectivity index (χ1v) is 5.60. The SMILES string of the molecule is CNC(=O)c1cc(NCc2cccnc2)ccn1. The van der Waals surface area contributed by atoms with E-state index < -0.39 is 0 Å². The number of amides is 1. The maximum atomic E-state index is 11.4. The molecule has 0 unspecified atom stereocenters. The molecule has 5 heteroatoms. The van der Waals surface area contributed by atoms with Crippen LogP contribution in [-0.4, -0.2) is 22.9 Å². The van der Waals surface area contributed by atoms with Gasteiger partial charge in [-0.15, -0.1) is 0 Å². The van der Waals surface area contributed by atoms with Crippen LogP contribution in [0.2, 0.25) is 0 Å². The largest absolute Gasteiger partial charge is 0.381 e. The number of nitrogens with zero attached hydrogens (tertiary/aromatic N) is 2. The minimum atomic E-state index is -0.194. The molecule has 0 saturated heterocycles. The van der Waals surface area contributed by atoms with Gasteiger partial charge in [0.25, 0.3) is 5.91 Å². The molecule has 0 radical (unpaired) electrons. The number of hydrogen-bond acceptors (Lipinski definition) is 4. The lowest BCUT2D eigenvalue weighted by Gasteiger charge is -2.07. The third-order valence-electron chi connectivity index (χ3n) is 2.44. The van der Waals surface area contributed by atoms with Gasteiger partial charge in [0.05, 0.1) is 0 Å². The van der Waals surface area contributed by atoms with Crippen LogP contribution in [0.15, 0.2) is 42.9 Å². The Morgan fingerprint density at radius 2 is 2.22 bits per heavy atom. The number of anilines is 1. The molecule has 1 amide bonds. The highest BCUT2D eigenvalue weighted by atomic mass is 16.1. The third kappa shape index (κ3) is 3.04. The summed E-state index contributed by atoms with van der Waals surface area (Å²) in [7, 11) is 1.58. The van der Waals surface area contributed by atoms with Gasteiger partial charge >= 0.3 is 0 Å². The van der Waals surface area contributed by atoms with Crippen molar-refractivity contribution in [2.75, 3.05) is 12.4 Å². The van der Waals surface area contributed by atoms with Crippen LogP contribution >= 0.6 is 0 Å². The molecule has 5 nitrogen and oxygen atoms in total. The van der Waals surface area contributed by atoms with E-state index in [1.54, 1.807) is 31.7 Å². The van der Waals surface area contributed by atoms with Crippen molar-refractivity contribution in [2.45, 2.75) is 6.54 Å². The van der Waals surface area contributed by atoms with Gasteiger partial charge in [-0.05, 0) is 23.8 Å². The number of nitrogens with one attached hydrogen (secondary N) is 2. The second-order valence-electron chi connectivity index (χ2n) is 3.72. The zero-order chi connectivity index (χ0) is 12.8. The number of carbonyl (C=O) groups excluding carboxylic acids is 1. The predicted octanol–water partition coefficient (Wildman–Crippen LogP) is 1.45. The van der Waals surface area contributed by atoms with Gasteiger partial charge in [0, 0.05) is 37.9 Å². The van der Waals surface area contributed by atoms with Crippen LogP contribution in [0.25, 0.3) is 0 Å². The number of carbonyl (C=O) groups is 1. The topological polar surface area (TPSA) is 66.9 Å². The Hall–Kier alpha value is -2.43. The van der Waals surface area contributed by atoms with Crippen molar-refractivity contribution in [3.05, 3.63) is 54.1 Å². The molecule has 0 aliphatic heterocycles. The van der Waals surface area contributed by atoms with Gasteiger partial charge in [-0.2, -0.15) is 0 Å². The first-order valence-electron chi connectivity index (χ1n) is 5.60. The van der Waals surface area contributed by atoms with Crippen LogP contribution in [-0.2, 0) is 6.54 Å². The van der Waals surface area contributed by atoms with E-state index in [2.05, 4.69) is 20.6 Å². The fourth-order valence-corrected chi connectivity index (χ4v) is 1.50. The summed E-state index contributed by atoms with van der Waals surface area (Å²) in [4.78, 5) is 19.5. The average Bonchev–Trinajstić information content (AvgIpc) is 2.45. The van der Waals surface area contributed by atoms with Crippen LogP contribution < -0.4 is 10.6 Å². The summed E-state index contributed by atoms with van der Waals surface area (Å²) in [6.45, 7) is 0.658. The second kappa shape index (κ2) is 5.77. The summed E-state index contributed by atoms with van der Waals surface area (Å²) in [5.41, 5.74) is 2.33. The first kappa shape index (κ1) is 12.0. The summed E-state index contributed by atoms with van der Waals surface area (Å²) in [5, 5.41) is 5.76. The Bertz CT molecular complexity index is 528. The molecule has 0 aliphatic rings. The Morgan fingerprint density at radius 3 is 2.94 bits per heavy atom. The molecule has 0 fully saturated rings. The molecule has 0 bridgehead atoms. The molecule has 0 aliphatic carbocycles. The van der Waals surface area contributed by atoms with E-state index in [-0.39, 0.29) is 5.91 Å². The first-order chi connectivity index (χ1) is 8.79. The van der Waals surface area contributed by atoms with Gasteiger partial charge in [0.1, 0.15) is 5.69 Å². The van der Waals surface area contributed by atoms with Gasteiger partial charge in [-0.25, -0.2) is 0 Å². The Balaban J connectivity index is 2.04. The number of pyridine rings is 2. The molecule has 2 aromatic heterocycles. The van der Waals surface area contributed by atoms with Gasteiger partial charge in [0.2, 0.25) is 0 Å². The molecular formula is C13H14N4O. The maximum absolute atomic E-state index is 11.4. The molecule has 18 heavy (non-hydrogen) atoms. The average molecular weight is 242 g/mol. The Morgan fingerprint density at radius 1 is 1.33 bits per heavy atom. The maximum Gasteiger partial charge on any atom is 0.269 e. The molecule has 2 rings (SSSR count). The van der Waals surface area contributed by atoms with Crippen molar-refractivity contribution >= 4 is 11.6 Å². The Kier molecular flexibility index (Phi) is 3.86. The van der Waals surface area contributed by atoms with Crippen LogP contribution in [0.3, 0.4) is 0 Å². The summed E-state index contributed by atoms with van der Waals surface area (Å²) in [6, 6.07) is 7.42. The fraction of sp³-hybridized carbons (Fsp3) is 0.154. The highest BCUT2D eigenvalue weighted by Gasteiger charge is 2.04. The fourth-order valence-electron chi connectivity index (χ4n) is 1.50. The normalized spacial score (nSPS) is 9.83. The van der Waals surface area contributed by atoms with E-state index in [4.69, 9.17) is 0 Å². The van der Waals surface area contributed by atoms with Crippen molar-refractivity contribution in [1.29, 1.82) is 0 Å². The Labute approximate surface area is 105 Å². The second-order valence-corrected chi connectivity index (χ2v) is 3.72. The lowest BCUT2D eigenvalue weighted by molar-refractivity contribution is 0.0958. The van der Waals surface area contributed by atoms with Crippen LogP contribution in [0.1, 0.15) is 16.1 Å². The molecule has 0 saturated carbocycles. The molecule has 0 spiro atoms. The van der Waals surface area contributed by atoms with Gasteiger partial charge in [-0.3, -0.25) is 14.8 Å². The van der Waals surface area contributed by atoms with Crippen molar-refractivity contribution in [3.8, 4) is 0 Å². The number of hydrogen-bond donors (Lipinski definition) is 2. The van der Waals surface area contributed by atoms with Crippen molar-refractivity contribution < 1.29 is 4.79 Å². The lowest BCUT2D eigenvalue weighted by atomic mass is 10.2. The van der Waals surface area contributed by atoms with E-state index in [0.717, 1.165) is 11.3 Å². The molecule has 92 valence electrons. The summed E-state index contributed by atoms with van der Waals surface area (Å²) >= 11 is 0. The van der Waals surface area contributed by atoms with E-state index >= 15 is 0 Å². The van der Waals surface area contributed by atoms with Crippen LogP contribution in [0.4, 0.5) is 5.69 Å². The van der Waals surface area contributed by atoms with Gasteiger partial charge < -0.3 is 10.6 Å². The zero-order valence-corrected chi connectivity index (χ0v) is 10.1. The summed E-state index contributed by atoms with van der Waals surface area (Å²) in [5.74, 6) is -0.194. The lowest BCUT2D eigenvalue weighted by Crippen LogP contribution is -2.19. The van der Waals surface area contributed by atoms with Crippen LogP contribution in [0, 0.1) is 0 Å². The highest BCUT2D eigenvalue weighted by Crippen LogP contribution is 2.09. The van der Waals surface area contributed by atoms with Crippen LogP contribution in [0.5, 0.6) is 0 Å². The van der Waals surface area contributed by atoms with E-state index in [1.807, 2.05) is 18.2 Å². The van der Waals surface area contributed by atoms with Crippen molar-refractivity contribution in [3.63, 3.8) is 0 Å². The van der Waals surface area contributed by atoms with Gasteiger partial charge in [0.15, 0.2) is 0 Å². The molecule has 2 N–H and O–H groups in total. The highest BCUT2D eigenvalue weighted by molar-refractivity contribution is 5.92. The van der Waals surface area contributed by atoms with Gasteiger partial charge in [-0.1, -0.05) is 6.07 Å². The van der Waals surface area contributed by atoms with E-state index in [0.29, 0.717) is 12.2 Å². The summed E-state index contributed by atoms with van der Waals surface area (Å²) < 4.78 is 0. The number of rotatable bonds is 4. The van der Waals surface area contributed by atoms with E-state index in [9.17, 15) is 4.79 Å². The standard InChI is InChI=1S/C13H14N4O/c1-14-13(18)12-7-11(4-6-16-12)17-9-10-3-2-5-15-8-10/h2-8H,9H2,1H3,(H,14,18)(H,16,17). The quantitative estimate of drug-likeness (QED) is 0.851. The van der Waals surface area contributed by atoms with E-state index in [1.165, 1.54) is 0 Å². The molecule has 0 aromatic carbocycles. The molecule has 0 atom stereocenters. The molecule has 2 aromatic rings.